The summed E-state index contributed by atoms with van der Waals surface area (Å²) in [6.07, 6.45) is 3.92. The fraction of sp³-hybridized carbons (Fsp3) is 0.500. The molecule has 15 heavy (non-hydrogen) atoms. The predicted octanol–water partition coefficient (Wildman–Crippen LogP) is 2.48. The van der Waals surface area contributed by atoms with Crippen molar-refractivity contribution < 1.29 is 9.13 Å². The first-order valence-corrected chi connectivity index (χ1v) is 5.39. The number of benzene rings is 1. The van der Waals surface area contributed by atoms with Crippen LogP contribution in [0.5, 0.6) is 5.75 Å². The Morgan fingerprint density at radius 2 is 2.07 bits per heavy atom. The number of rotatable bonds is 4. The molecule has 0 aliphatic heterocycles. The van der Waals surface area contributed by atoms with Crippen LogP contribution in [-0.2, 0) is 0 Å². The van der Waals surface area contributed by atoms with Crippen molar-refractivity contribution in [1.82, 2.24) is 0 Å². The molecule has 2 rings (SSSR count). The second-order valence-electron chi connectivity index (χ2n) is 4.11. The number of halogens is 1. The van der Waals surface area contributed by atoms with E-state index in [1.54, 1.807) is 18.2 Å². The number of hydrogen-bond donors (Lipinski definition) is 1. The summed E-state index contributed by atoms with van der Waals surface area (Å²) in [6, 6.07) is 6.54. The summed E-state index contributed by atoms with van der Waals surface area (Å²) in [7, 11) is 0. The average molecular weight is 209 g/mol. The van der Waals surface area contributed by atoms with Gasteiger partial charge >= 0.3 is 0 Å². The van der Waals surface area contributed by atoms with Crippen LogP contribution in [-0.4, -0.2) is 12.1 Å². The molecule has 1 aromatic carbocycles. The van der Waals surface area contributed by atoms with E-state index in [0.29, 0.717) is 12.3 Å². The fourth-order valence-corrected chi connectivity index (χ4v) is 2.00. The summed E-state index contributed by atoms with van der Waals surface area (Å²) in [6.45, 7) is 0.592. The molecule has 1 fully saturated rings. The van der Waals surface area contributed by atoms with Crippen LogP contribution in [0.15, 0.2) is 24.3 Å². The van der Waals surface area contributed by atoms with Gasteiger partial charge in [-0.1, -0.05) is 12.1 Å². The highest BCUT2D eigenvalue weighted by atomic mass is 19.1. The highest BCUT2D eigenvalue weighted by Crippen LogP contribution is 2.39. The third-order valence-corrected chi connectivity index (χ3v) is 3.03. The summed E-state index contributed by atoms with van der Waals surface area (Å²) in [5, 5.41) is 0. The molecule has 0 bridgehead atoms. The Morgan fingerprint density at radius 3 is 2.60 bits per heavy atom. The van der Waals surface area contributed by atoms with Crippen LogP contribution in [0.1, 0.15) is 25.7 Å². The summed E-state index contributed by atoms with van der Waals surface area (Å²) in [4.78, 5) is 0. The lowest BCUT2D eigenvalue weighted by molar-refractivity contribution is -0.0154. The molecule has 1 aliphatic rings. The Kier molecular flexibility index (Phi) is 2.91. The van der Waals surface area contributed by atoms with Crippen molar-refractivity contribution in [2.45, 2.75) is 31.3 Å². The molecule has 0 saturated heterocycles. The minimum atomic E-state index is -0.291. The molecule has 0 heterocycles. The van der Waals surface area contributed by atoms with Crippen LogP contribution in [0.2, 0.25) is 0 Å². The number of nitrogens with two attached hydrogens (primary N) is 1. The second-order valence-corrected chi connectivity index (χ2v) is 4.11. The predicted molar refractivity (Wildman–Crippen MR) is 57.3 cm³/mol. The van der Waals surface area contributed by atoms with Crippen molar-refractivity contribution in [2.75, 3.05) is 6.54 Å². The zero-order chi connectivity index (χ0) is 10.7. The van der Waals surface area contributed by atoms with Gasteiger partial charge in [0.15, 0.2) is 11.6 Å². The molecular formula is C12H16FNO. The Morgan fingerprint density at radius 1 is 1.33 bits per heavy atom. The van der Waals surface area contributed by atoms with E-state index in [4.69, 9.17) is 10.5 Å². The zero-order valence-electron chi connectivity index (χ0n) is 8.71. The molecule has 1 aliphatic carbocycles. The van der Waals surface area contributed by atoms with Gasteiger partial charge < -0.3 is 10.5 Å². The van der Waals surface area contributed by atoms with Crippen LogP contribution in [0.25, 0.3) is 0 Å². The van der Waals surface area contributed by atoms with Crippen LogP contribution >= 0.6 is 0 Å². The van der Waals surface area contributed by atoms with Crippen molar-refractivity contribution in [2.24, 2.45) is 5.73 Å². The van der Waals surface area contributed by atoms with Crippen molar-refractivity contribution in [1.29, 1.82) is 0 Å². The maximum absolute atomic E-state index is 13.4. The largest absolute Gasteiger partial charge is 0.484 e. The SMILES string of the molecule is NCCC1(Oc2ccccc2F)CCC1. The van der Waals surface area contributed by atoms with Crippen molar-refractivity contribution in [3.05, 3.63) is 30.1 Å². The van der Waals surface area contributed by atoms with Gasteiger partial charge in [0.25, 0.3) is 0 Å². The van der Waals surface area contributed by atoms with E-state index >= 15 is 0 Å². The Bertz CT molecular complexity index is 336. The summed E-state index contributed by atoms with van der Waals surface area (Å²) < 4.78 is 19.1. The fourth-order valence-electron chi connectivity index (χ4n) is 2.00. The molecule has 2 nitrogen and oxygen atoms in total. The third kappa shape index (κ3) is 2.12. The number of hydrogen-bond acceptors (Lipinski definition) is 2. The monoisotopic (exact) mass is 209 g/mol. The molecule has 1 saturated carbocycles. The molecule has 0 spiro atoms. The topological polar surface area (TPSA) is 35.2 Å². The molecule has 3 heteroatoms. The maximum atomic E-state index is 13.4. The van der Waals surface area contributed by atoms with Crippen LogP contribution in [0, 0.1) is 5.82 Å². The third-order valence-electron chi connectivity index (χ3n) is 3.03. The van der Waals surface area contributed by atoms with Crippen LogP contribution < -0.4 is 10.5 Å². The van der Waals surface area contributed by atoms with E-state index in [2.05, 4.69) is 0 Å². The maximum Gasteiger partial charge on any atom is 0.165 e. The van der Waals surface area contributed by atoms with Gasteiger partial charge in [0, 0.05) is 0 Å². The van der Waals surface area contributed by atoms with E-state index in [1.165, 1.54) is 6.07 Å². The van der Waals surface area contributed by atoms with Gasteiger partial charge in [-0.25, -0.2) is 4.39 Å². The molecule has 0 amide bonds. The van der Waals surface area contributed by atoms with Crippen molar-refractivity contribution >= 4 is 0 Å². The van der Waals surface area contributed by atoms with Crippen LogP contribution in [0.4, 0.5) is 4.39 Å². The van der Waals surface area contributed by atoms with E-state index in [-0.39, 0.29) is 11.4 Å². The molecule has 0 aromatic heterocycles. The first kappa shape index (κ1) is 10.4. The van der Waals surface area contributed by atoms with Gasteiger partial charge in [0.05, 0.1) is 0 Å². The van der Waals surface area contributed by atoms with Gasteiger partial charge in [0.2, 0.25) is 0 Å². The van der Waals surface area contributed by atoms with E-state index in [1.807, 2.05) is 0 Å². The molecule has 0 atom stereocenters. The standard InChI is InChI=1S/C12H16FNO/c13-10-4-1-2-5-11(10)15-12(8-9-14)6-3-7-12/h1-2,4-5H,3,6-9,14H2. The second kappa shape index (κ2) is 4.19. The molecule has 82 valence electrons. The Balaban J connectivity index is 2.10. The van der Waals surface area contributed by atoms with Gasteiger partial charge in [-0.15, -0.1) is 0 Å². The van der Waals surface area contributed by atoms with Crippen molar-refractivity contribution in [3.8, 4) is 5.75 Å². The minimum absolute atomic E-state index is 0.197. The highest BCUT2D eigenvalue weighted by molar-refractivity contribution is 5.25. The van der Waals surface area contributed by atoms with Gasteiger partial charge in [-0.05, 0) is 44.4 Å². The molecule has 1 aromatic rings. The first-order valence-electron chi connectivity index (χ1n) is 5.39. The zero-order valence-corrected chi connectivity index (χ0v) is 8.71. The van der Waals surface area contributed by atoms with Gasteiger partial charge in [0.1, 0.15) is 5.60 Å². The smallest absolute Gasteiger partial charge is 0.165 e. The average Bonchev–Trinajstić information content (AvgIpc) is 2.18. The molecule has 0 unspecified atom stereocenters. The van der Waals surface area contributed by atoms with Crippen molar-refractivity contribution in [3.63, 3.8) is 0 Å². The normalized spacial score (nSPS) is 18.3. The molecular weight excluding hydrogens is 193 g/mol. The van der Waals surface area contributed by atoms with E-state index in [0.717, 1.165) is 25.7 Å². The van der Waals surface area contributed by atoms with E-state index < -0.39 is 0 Å². The van der Waals surface area contributed by atoms with Gasteiger partial charge in [-0.2, -0.15) is 0 Å². The molecule has 2 N–H and O–H groups in total. The van der Waals surface area contributed by atoms with Gasteiger partial charge in [-0.3, -0.25) is 0 Å². The number of para-hydroxylation sites is 1. The lowest BCUT2D eigenvalue weighted by Crippen LogP contribution is -2.44. The summed E-state index contributed by atoms with van der Waals surface area (Å²) in [5.41, 5.74) is 5.34. The lowest BCUT2D eigenvalue weighted by Gasteiger charge is -2.41. The lowest BCUT2D eigenvalue weighted by atomic mass is 9.77. The quantitative estimate of drug-likeness (QED) is 0.826. The molecule has 0 radical (unpaired) electrons. The highest BCUT2D eigenvalue weighted by Gasteiger charge is 2.38. The summed E-state index contributed by atoms with van der Waals surface area (Å²) in [5.74, 6) is 0.0615. The Hall–Kier alpha value is -1.09. The van der Waals surface area contributed by atoms with E-state index in [9.17, 15) is 4.39 Å². The van der Waals surface area contributed by atoms with Crippen LogP contribution in [0.3, 0.4) is 0 Å². The first-order chi connectivity index (χ1) is 7.26. The minimum Gasteiger partial charge on any atom is -0.484 e. The summed E-state index contributed by atoms with van der Waals surface area (Å²) >= 11 is 0. The Labute approximate surface area is 89.2 Å². The number of ether oxygens (including phenoxy) is 1.